The molecule has 0 spiro atoms. The van der Waals surface area contributed by atoms with Gasteiger partial charge in [-0.3, -0.25) is 9.69 Å². The summed E-state index contributed by atoms with van der Waals surface area (Å²) < 4.78 is 5.33. The molecule has 1 heterocycles. The Hall–Kier alpha value is -0.410. The van der Waals surface area contributed by atoms with Crippen LogP contribution in [0.5, 0.6) is 0 Å². The number of hydrogen-bond donors (Lipinski definition) is 0. The molecule has 0 N–H and O–H groups in total. The van der Waals surface area contributed by atoms with E-state index in [1.54, 1.807) is 6.92 Å². The van der Waals surface area contributed by atoms with Gasteiger partial charge in [-0.25, -0.2) is 0 Å². The van der Waals surface area contributed by atoms with Crippen molar-refractivity contribution in [1.82, 2.24) is 4.90 Å². The third-order valence-electron chi connectivity index (χ3n) is 3.70. The summed E-state index contributed by atoms with van der Waals surface area (Å²) in [5, 5.41) is 0. The first-order valence-electron chi connectivity index (χ1n) is 5.59. The average molecular weight is 197 g/mol. The van der Waals surface area contributed by atoms with E-state index in [0.29, 0.717) is 5.78 Å². The Balaban J connectivity index is 2.12. The summed E-state index contributed by atoms with van der Waals surface area (Å²) in [5.41, 5.74) is -0.121. The summed E-state index contributed by atoms with van der Waals surface area (Å²) in [6.07, 6.45) is 4.53. The largest absolute Gasteiger partial charge is 0.379 e. The van der Waals surface area contributed by atoms with Crippen LogP contribution in [0.15, 0.2) is 0 Å². The second-order valence-electron chi connectivity index (χ2n) is 4.39. The molecule has 1 aliphatic heterocycles. The zero-order valence-corrected chi connectivity index (χ0v) is 8.92. The SMILES string of the molecule is CC(=O)C1(N2CCOCC2)CCCC1. The molecule has 3 heteroatoms. The molecule has 0 aromatic heterocycles. The van der Waals surface area contributed by atoms with Crippen LogP contribution in [-0.2, 0) is 9.53 Å². The third kappa shape index (κ3) is 1.59. The number of carbonyl (C=O) groups is 1. The second kappa shape index (κ2) is 3.99. The molecule has 0 atom stereocenters. The minimum atomic E-state index is -0.121. The Morgan fingerprint density at radius 2 is 1.79 bits per heavy atom. The highest BCUT2D eigenvalue weighted by Crippen LogP contribution is 2.36. The van der Waals surface area contributed by atoms with Gasteiger partial charge in [-0.2, -0.15) is 0 Å². The Morgan fingerprint density at radius 3 is 2.29 bits per heavy atom. The predicted octanol–water partition coefficient (Wildman–Crippen LogP) is 1.22. The molecule has 1 saturated carbocycles. The zero-order valence-electron chi connectivity index (χ0n) is 8.92. The van der Waals surface area contributed by atoms with E-state index in [1.165, 1.54) is 12.8 Å². The number of carbonyl (C=O) groups excluding carboxylic acids is 1. The maximum Gasteiger partial charge on any atom is 0.150 e. The first kappa shape index (κ1) is 10.1. The normalized spacial score (nSPS) is 27.8. The van der Waals surface area contributed by atoms with Crippen LogP contribution in [-0.4, -0.2) is 42.5 Å². The molecule has 0 bridgehead atoms. The lowest BCUT2D eigenvalue weighted by Gasteiger charge is -2.41. The lowest BCUT2D eigenvalue weighted by atomic mass is 9.90. The Bertz CT molecular complexity index is 215. The van der Waals surface area contributed by atoms with Gasteiger partial charge in [0, 0.05) is 13.1 Å². The van der Waals surface area contributed by atoms with Crippen LogP contribution in [0.1, 0.15) is 32.6 Å². The van der Waals surface area contributed by atoms with Crippen LogP contribution >= 0.6 is 0 Å². The molecule has 0 aromatic rings. The fourth-order valence-electron chi connectivity index (χ4n) is 2.84. The van der Waals surface area contributed by atoms with Gasteiger partial charge < -0.3 is 4.74 Å². The quantitative estimate of drug-likeness (QED) is 0.666. The standard InChI is InChI=1S/C11H19NO2/c1-10(13)11(4-2-3-5-11)12-6-8-14-9-7-12/h2-9H2,1H3. The Labute approximate surface area is 85.4 Å². The van der Waals surface area contributed by atoms with Gasteiger partial charge in [0.05, 0.1) is 18.8 Å². The summed E-state index contributed by atoms with van der Waals surface area (Å²) in [6, 6.07) is 0. The Morgan fingerprint density at radius 1 is 1.21 bits per heavy atom. The number of ketones is 1. The van der Waals surface area contributed by atoms with E-state index in [0.717, 1.165) is 39.1 Å². The lowest BCUT2D eigenvalue weighted by Crippen LogP contribution is -2.55. The maximum atomic E-state index is 11.8. The third-order valence-corrected chi connectivity index (χ3v) is 3.70. The van der Waals surface area contributed by atoms with E-state index in [-0.39, 0.29) is 5.54 Å². The summed E-state index contributed by atoms with van der Waals surface area (Å²) in [5.74, 6) is 0.358. The molecule has 1 aliphatic carbocycles. The van der Waals surface area contributed by atoms with Gasteiger partial charge in [0.2, 0.25) is 0 Å². The lowest BCUT2D eigenvalue weighted by molar-refractivity contribution is -0.132. The van der Waals surface area contributed by atoms with Crippen LogP contribution in [0.25, 0.3) is 0 Å². The van der Waals surface area contributed by atoms with E-state index in [2.05, 4.69) is 4.90 Å². The molecule has 3 nitrogen and oxygen atoms in total. The van der Waals surface area contributed by atoms with Gasteiger partial charge in [0.15, 0.2) is 0 Å². The maximum absolute atomic E-state index is 11.8. The van der Waals surface area contributed by atoms with Crippen molar-refractivity contribution in [2.75, 3.05) is 26.3 Å². The second-order valence-corrected chi connectivity index (χ2v) is 4.39. The van der Waals surface area contributed by atoms with Crippen molar-refractivity contribution in [3.8, 4) is 0 Å². The van der Waals surface area contributed by atoms with Gasteiger partial charge >= 0.3 is 0 Å². The highest BCUT2D eigenvalue weighted by molar-refractivity contribution is 5.86. The average Bonchev–Trinajstić information content (AvgIpc) is 2.69. The van der Waals surface area contributed by atoms with Crippen molar-refractivity contribution < 1.29 is 9.53 Å². The minimum Gasteiger partial charge on any atom is -0.379 e. The minimum absolute atomic E-state index is 0.121. The van der Waals surface area contributed by atoms with E-state index < -0.39 is 0 Å². The monoisotopic (exact) mass is 197 g/mol. The number of ether oxygens (including phenoxy) is 1. The van der Waals surface area contributed by atoms with Gasteiger partial charge in [0.25, 0.3) is 0 Å². The van der Waals surface area contributed by atoms with Crippen molar-refractivity contribution >= 4 is 5.78 Å². The van der Waals surface area contributed by atoms with E-state index in [4.69, 9.17) is 4.74 Å². The molecule has 80 valence electrons. The molecule has 14 heavy (non-hydrogen) atoms. The Kier molecular flexibility index (Phi) is 2.88. The van der Waals surface area contributed by atoms with E-state index in [9.17, 15) is 4.79 Å². The summed E-state index contributed by atoms with van der Waals surface area (Å²) in [4.78, 5) is 14.1. The number of Topliss-reactive ketones (excluding diaryl/α,β-unsaturated/α-hetero) is 1. The predicted molar refractivity (Wildman–Crippen MR) is 54.3 cm³/mol. The summed E-state index contributed by atoms with van der Waals surface area (Å²) in [7, 11) is 0. The van der Waals surface area contributed by atoms with Crippen LogP contribution in [0, 0.1) is 0 Å². The molecule has 1 saturated heterocycles. The van der Waals surface area contributed by atoms with Crippen LogP contribution < -0.4 is 0 Å². The zero-order chi connectivity index (χ0) is 10.0. The number of hydrogen-bond acceptors (Lipinski definition) is 3. The number of rotatable bonds is 2. The van der Waals surface area contributed by atoms with Gasteiger partial charge in [-0.1, -0.05) is 12.8 Å². The first-order valence-corrected chi connectivity index (χ1v) is 5.59. The molecular formula is C11H19NO2. The van der Waals surface area contributed by atoms with Crippen LogP contribution in [0.2, 0.25) is 0 Å². The highest BCUT2D eigenvalue weighted by Gasteiger charge is 2.43. The fraction of sp³-hybridized carbons (Fsp3) is 0.909. The van der Waals surface area contributed by atoms with Crippen molar-refractivity contribution in [3.05, 3.63) is 0 Å². The van der Waals surface area contributed by atoms with Crippen LogP contribution in [0.4, 0.5) is 0 Å². The van der Waals surface area contributed by atoms with Crippen molar-refractivity contribution in [2.24, 2.45) is 0 Å². The van der Waals surface area contributed by atoms with Gasteiger partial charge in [-0.05, 0) is 19.8 Å². The fourth-order valence-corrected chi connectivity index (χ4v) is 2.84. The molecule has 0 aromatic carbocycles. The van der Waals surface area contributed by atoms with E-state index >= 15 is 0 Å². The molecule has 2 rings (SSSR count). The molecule has 0 amide bonds. The molecule has 0 unspecified atom stereocenters. The number of morpholine rings is 1. The molecule has 2 fully saturated rings. The van der Waals surface area contributed by atoms with Crippen molar-refractivity contribution in [2.45, 2.75) is 38.1 Å². The smallest absolute Gasteiger partial charge is 0.150 e. The summed E-state index contributed by atoms with van der Waals surface area (Å²) >= 11 is 0. The van der Waals surface area contributed by atoms with E-state index in [1.807, 2.05) is 0 Å². The van der Waals surface area contributed by atoms with Crippen molar-refractivity contribution in [1.29, 1.82) is 0 Å². The molecule has 2 aliphatic rings. The number of nitrogens with zero attached hydrogens (tertiary/aromatic N) is 1. The van der Waals surface area contributed by atoms with Crippen molar-refractivity contribution in [3.63, 3.8) is 0 Å². The van der Waals surface area contributed by atoms with Gasteiger partial charge in [-0.15, -0.1) is 0 Å². The topological polar surface area (TPSA) is 29.5 Å². The van der Waals surface area contributed by atoms with Gasteiger partial charge in [0.1, 0.15) is 5.78 Å². The van der Waals surface area contributed by atoms with Crippen LogP contribution in [0.3, 0.4) is 0 Å². The highest BCUT2D eigenvalue weighted by atomic mass is 16.5. The molecular weight excluding hydrogens is 178 g/mol. The molecule has 0 radical (unpaired) electrons. The first-order chi connectivity index (χ1) is 6.76. The summed E-state index contributed by atoms with van der Waals surface area (Å²) in [6.45, 7) is 5.18.